The lowest BCUT2D eigenvalue weighted by Crippen LogP contribution is -2.47. The molecule has 204 valence electrons. The average Bonchev–Trinajstić information content (AvgIpc) is 3.38. The van der Waals surface area contributed by atoms with E-state index in [0.29, 0.717) is 23.3 Å². The van der Waals surface area contributed by atoms with Crippen molar-refractivity contribution in [1.82, 2.24) is 30.1 Å². The van der Waals surface area contributed by atoms with Crippen molar-refractivity contribution in [3.05, 3.63) is 80.9 Å². The fraction of sp³-hybridized carbons (Fsp3) is 0.484. The summed E-state index contributed by atoms with van der Waals surface area (Å²) in [5, 5.41) is 14.1. The molecule has 1 saturated carbocycles. The molecule has 0 radical (unpaired) electrons. The number of piperidine rings is 1. The van der Waals surface area contributed by atoms with E-state index in [1.54, 1.807) is 7.11 Å². The number of nitrogens with one attached hydrogen (secondary N) is 1. The summed E-state index contributed by atoms with van der Waals surface area (Å²) in [5.41, 5.74) is 5.19. The first-order chi connectivity index (χ1) is 18.9. The van der Waals surface area contributed by atoms with Gasteiger partial charge in [-0.15, -0.1) is 5.10 Å². The summed E-state index contributed by atoms with van der Waals surface area (Å²) in [4.78, 5) is 19.5. The van der Waals surface area contributed by atoms with E-state index in [1.165, 1.54) is 44.1 Å². The number of hydrogen-bond donors (Lipinski definition) is 1. The molecule has 1 spiro atoms. The molecule has 2 fully saturated rings. The molecule has 0 bridgehead atoms. The van der Waals surface area contributed by atoms with Gasteiger partial charge in [-0.05, 0) is 103 Å². The van der Waals surface area contributed by atoms with Gasteiger partial charge in [-0.25, -0.2) is 4.68 Å². The summed E-state index contributed by atoms with van der Waals surface area (Å²) in [6.07, 6.45) is 8.83. The van der Waals surface area contributed by atoms with Gasteiger partial charge in [-0.1, -0.05) is 43.0 Å². The van der Waals surface area contributed by atoms with Crippen molar-refractivity contribution in [2.45, 2.75) is 71.4 Å². The Labute approximate surface area is 229 Å². The van der Waals surface area contributed by atoms with E-state index in [2.05, 4.69) is 57.5 Å². The van der Waals surface area contributed by atoms with Crippen LogP contribution < -0.4 is 10.3 Å². The van der Waals surface area contributed by atoms with E-state index in [-0.39, 0.29) is 11.6 Å². The van der Waals surface area contributed by atoms with Gasteiger partial charge >= 0.3 is 0 Å². The van der Waals surface area contributed by atoms with Crippen LogP contribution in [0.4, 0.5) is 0 Å². The van der Waals surface area contributed by atoms with Crippen LogP contribution in [0.25, 0.3) is 10.9 Å². The van der Waals surface area contributed by atoms with Crippen molar-refractivity contribution in [3.8, 4) is 5.75 Å². The highest BCUT2D eigenvalue weighted by Gasteiger charge is 2.41. The Hall–Kier alpha value is -3.52. The molecule has 4 aromatic rings. The molecular formula is C31H38N6O2. The summed E-state index contributed by atoms with van der Waals surface area (Å²) in [6, 6.07) is 14.0. The fourth-order valence-corrected chi connectivity index (χ4v) is 7.01. The third kappa shape index (κ3) is 5.10. The van der Waals surface area contributed by atoms with Gasteiger partial charge in [0, 0.05) is 12.1 Å². The summed E-state index contributed by atoms with van der Waals surface area (Å²) in [6.45, 7) is 6.56. The number of hydrogen-bond acceptors (Lipinski definition) is 6. The molecule has 6 rings (SSSR count). The highest BCUT2D eigenvalue weighted by Crippen LogP contribution is 2.45. The molecule has 1 aliphatic heterocycles. The summed E-state index contributed by atoms with van der Waals surface area (Å²) >= 11 is 0. The quantitative estimate of drug-likeness (QED) is 0.366. The smallest absolute Gasteiger partial charge is 0.253 e. The highest BCUT2D eigenvalue weighted by molar-refractivity contribution is 5.83. The van der Waals surface area contributed by atoms with E-state index >= 15 is 0 Å². The number of nitrogens with zero attached hydrogens (tertiary/aromatic N) is 5. The molecule has 2 aromatic heterocycles. The second kappa shape index (κ2) is 10.6. The monoisotopic (exact) mass is 526 g/mol. The minimum atomic E-state index is -0.327. The van der Waals surface area contributed by atoms with Crippen LogP contribution >= 0.6 is 0 Å². The van der Waals surface area contributed by atoms with Crippen molar-refractivity contribution in [1.29, 1.82) is 0 Å². The number of likely N-dealkylation sites (tertiary alicyclic amines) is 1. The number of tetrazole rings is 1. The van der Waals surface area contributed by atoms with Gasteiger partial charge in [0.2, 0.25) is 0 Å². The van der Waals surface area contributed by atoms with Crippen molar-refractivity contribution >= 4 is 10.9 Å². The molecule has 2 aromatic carbocycles. The third-order valence-corrected chi connectivity index (χ3v) is 8.88. The standard InChI is InChI=1S/C31H38N6O2/c1-21-16-22(2)27-24(17-21)18-26(30(38)32-27)28(36-15-7-14-31(20-36)12-5-4-6-13-31)29-33-34-35-37(29)19-23-8-10-25(39-3)11-9-23/h8-11,16-18,28H,4-7,12-15,19-20H2,1-3H3,(H,32,38)/t28-/m1/s1. The molecule has 2 aliphatic rings. The van der Waals surface area contributed by atoms with Crippen LogP contribution in [0.2, 0.25) is 0 Å². The van der Waals surface area contributed by atoms with Crippen LogP contribution in [0.1, 0.15) is 79.1 Å². The lowest BCUT2D eigenvalue weighted by Gasteiger charge is -2.47. The van der Waals surface area contributed by atoms with Gasteiger partial charge in [0.05, 0.1) is 19.2 Å². The SMILES string of the molecule is COc1ccc(Cn2nnnc2[C@@H](c2cc3cc(C)cc(C)c3[nH]c2=O)N2CCCC3(CCCCC3)C2)cc1. The molecule has 1 atom stereocenters. The lowest BCUT2D eigenvalue weighted by atomic mass is 9.69. The van der Waals surface area contributed by atoms with Gasteiger partial charge in [-0.3, -0.25) is 9.69 Å². The van der Waals surface area contributed by atoms with E-state index < -0.39 is 0 Å². The first-order valence-corrected chi connectivity index (χ1v) is 14.2. The fourth-order valence-electron chi connectivity index (χ4n) is 7.01. The summed E-state index contributed by atoms with van der Waals surface area (Å²) in [5.74, 6) is 1.53. The maximum absolute atomic E-state index is 13.8. The second-order valence-electron chi connectivity index (χ2n) is 11.7. The first kappa shape index (κ1) is 25.7. The Balaban J connectivity index is 1.45. The zero-order chi connectivity index (χ0) is 27.0. The molecular weight excluding hydrogens is 488 g/mol. The number of rotatable bonds is 6. The predicted octanol–water partition coefficient (Wildman–Crippen LogP) is 5.32. The van der Waals surface area contributed by atoms with Crippen molar-refractivity contribution < 1.29 is 4.74 Å². The number of methoxy groups -OCH3 is 1. The van der Waals surface area contributed by atoms with Gasteiger partial charge in [0.1, 0.15) is 11.8 Å². The molecule has 8 heteroatoms. The third-order valence-electron chi connectivity index (χ3n) is 8.88. The van der Waals surface area contributed by atoms with Crippen LogP contribution in [-0.2, 0) is 6.54 Å². The number of benzene rings is 2. The average molecular weight is 527 g/mol. The van der Waals surface area contributed by atoms with Crippen LogP contribution in [0, 0.1) is 19.3 Å². The zero-order valence-electron chi connectivity index (χ0n) is 23.2. The Morgan fingerprint density at radius 2 is 1.79 bits per heavy atom. The number of ether oxygens (including phenoxy) is 1. The summed E-state index contributed by atoms with van der Waals surface area (Å²) in [7, 11) is 1.67. The number of pyridine rings is 1. The van der Waals surface area contributed by atoms with Crippen LogP contribution in [0.3, 0.4) is 0 Å². The van der Waals surface area contributed by atoms with Gasteiger partial charge in [0.25, 0.3) is 5.56 Å². The van der Waals surface area contributed by atoms with E-state index in [9.17, 15) is 4.79 Å². The van der Waals surface area contributed by atoms with E-state index in [0.717, 1.165) is 47.3 Å². The minimum absolute atomic E-state index is 0.0679. The second-order valence-corrected chi connectivity index (χ2v) is 11.7. The van der Waals surface area contributed by atoms with Crippen LogP contribution in [0.15, 0.2) is 47.3 Å². The van der Waals surface area contributed by atoms with E-state index in [4.69, 9.17) is 4.74 Å². The highest BCUT2D eigenvalue weighted by atomic mass is 16.5. The maximum atomic E-state index is 13.8. The molecule has 0 amide bonds. The molecule has 3 heterocycles. The van der Waals surface area contributed by atoms with Gasteiger partial charge in [-0.2, -0.15) is 0 Å². The molecule has 39 heavy (non-hydrogen) atoms. The van der Waals surface area contributed by atoms with E-state index in [1.807, 2.05) is 28.9 Å². The molecule has 0 unspecified atom stereocenters. The topological polar surface area (TPSA) is 88.9 Å². The molecule has 1 saturated heterocycles. The Morgan fingerprint density at radius 1 is 1.03 bits per heavy atom. The van der Waals surface area contributed by atoms with Crippen molar-refractivity contribution in [2.24, 2.45) is 5.41 Å². The number of H-pyrrole nitrogens is 1. The lowest BCUT2D eigenvalue weighted by molar-refractivity contribution is 0.0340. The predicted molar refractivity (Wildman–Crippen MR) is 152 cm³/mol. The Morgan fingerprint density at radius 3 is 2.56 bits per heavy atom. The molecule has 1 N–H and O–H groups in total. The number of aryl methyl sites for hydroxylation is 2. The normalized spacial score (nSPS) is 18.4. The first-order valence-electron chi connectivity index (χ1n) is 14.2. The molecule has 1 aliphatic carbocycles. The summed E-state index contributed by atoms with van der Waals surface area (Å²) < 4.78 is 7.19. The van der Waals surface area contributed by atoms with Crippen LogP contribution in [0.5, 0.6) is 5.75 Å². The maximum Gasteiger partial charge on any atom is 0.253 e. The van der Waals surface area contributed by atoms with Crippen molar-refractivity contribution in [2.75, 3.05) is 20.2 Å². The van der Waals surface area contributed by atoms with Gasteiger partial charge in [0.15, 0.2) is 5.82 Å². The zero-order valence-corrected chi connectivity index (χ0v) is 23.2. The van der Waals surface area contributed by atoms with Gasteiger partial charge < -0.3 is 9.72 Å². The number of aromatic amines is 1. The van der Waals surface area contributed by atoms with Crippen LogP contribution in [-0.4, -0.2) is 50.3 Å². The minimum Gasteiger partial charge on any atom is -0.497 e. The molecule has 8 nitrogen and oxygen atoms in total. The Kier molecular flexibility index (Phi) is 6.97. The largest absolute Gasteiger partial charge is 0.497 e. The number of aromatic nitrogens is 5. The van der Waals surface area contributed by atoms with Crippen molar-refractivity contribution in [3.63, 3.8) is 0 Å². The number of fused-ring (bicyclic) bond motifs is 1. The Bertz CT molecular complexity index is 1510.